The van der Waals surface area contributed by atoms with Crippen molar-refractivity contribution in [2.75, 3.05) is 13.1 Å². The molecule has 1 saturated heterocycles. The summed E-state index contributed by atoms with van der Waals surface area (Å²) >= 11 is 0. The summed E-state index contributed by atoms with van der Waals surface area (Å²) in [6.45, 7) is 1.36. The molecule has 2 rings (SSSR count). The van der Waals surface area contributed by atoms with E-state index in [1.807, 2.05) is 12.5 Å². The van der Waals surface area contributed by atoms with Crippen LogP contribution in [0.4, 0.5) is 0 Å². The third-order valence-electron chi connectivity index (χ3n) is 2.80. The Labute approximate surface area is 91.5 Å². The maximum absolute atomic E-state index is 12.1. The van der Waals surface area contributed by atoms with Gasteiger partial charge >= 0.3 is 0 Å². The number of hydrogen-bond donors (Lipinski definition) is 0. The van der Waals surface area contributed by atoms with Crippen molar-refractivity contribution in [2.24, 2.45) is 0 Å². The maximum atomic E-state index is 12.1. The lowest BCUT2D eigenvalue weighted by Gasteiger charge is -2.26. The topological polar surface area (TPSA) is 37.4 Å². The second-order valence-electron chi connectivity index (χ2n) is 3.90. The van der Waals surface area contributed by atoms with Gasteiger partial charge in [-0.25, -0.2) is 8.42 Å². The fourth-order valence-electron chi connectivity index (χ4n) is 1.94. The molecule has 1 radical (unpaired) electrons. The lowest BCUT2D eigenvalue weighted by molar-refractivity contribution is 0.350. The molecule has 83 valence electrons. The average molecular weight is 226 g/mol. The van der Waals surface area contributed by atoms with Crippen molar-refractivity contribution in [1.29, 1.82) is 0 Å². The molecule has 0 saturated carbocycles. The van der Waals surface area contributed by atoms with E-state index in [9.17, 15) is 8.42 Å². The Morgan fingerprint density at radius 3 is 2.47 bits per heavy atom. The predicted octanol–water partition coefficient (Wildman–Crippen LogP) is 1.85. The molecule has 3 nitrogen and oxygen atoms in total. The van der Waals surface area contributed by atoms with Crippen molar-refractivity contribution in [2.45, 2.75) is 25.7 Å². The summed E-state index contributed by atoms with van der Waals surface area (Å²) in [6, 6.07) is 0. The molecule has 0 spiro atoms. The summed E-state index contributed by atoms with van der Waals surface area (Å²) in [4.78, 5) is 0.465. The zero-order valence-corrected chi connectivity index (χ0v) is 9.54. The van der Waals surface area contributed by atoms with E-state index in [-0.39, 0.29) is 0 Å². The van der Waals surface area contributed by atoms with Crippen LogP contribution in [0.25, 0.3) is 0 Å². The standard InChI is InChI=1S/C11H16NO2S/c13-15(14,11-7-3-1-4-8-11)12-9-5-2-6-10-12/h1,3,7-8H,2,4-6,9-10H2. The van der Waals surface area contributed by atoms with Crippen molar-refractivity contribution in [1.82, 2.24) is 4.31 Å². The molecule has 0 aromatic heterocycles. The van der Waals surface area contributed by atoms with E-state index in [4.69, 9.17) is 0 Å². The van der Waals surface area contributed by atoms with E-state index < -0.39 is 10.0 Å². The normalized spacial score (nSPS) is 23.9. The van der Waals surface area contributed by atoms with Gasteiger partial charge in [0.25, 0.3) is 0 Å². The molecule has 0 N–H and O–H groups in total. The summed E-state index contributed by atoms with van der Waals surface area (Å²) in [7, 11) is -3.20. The lowest BCUT2D eigenvalue weighted by Crippen LogP contribution is -2.36. The van der Waals surface area contributed by atoms with Gasteiger partial charge in [-0.15, -0.1) is 0 Å². The fraction of sp³-hybridized carbons (Fsp3) is 0.545. The first-order valence-corrected chi connectivity index (χ1v) is 6.85. The van der Waals surface area contributed by atoms with Crippen LogP contribution in [0.2, 0.25) is 0 Å². The maximum Gasteiger partial charge on any atom is 0.242 e. The Kier molecular flexibility index (Phi) is 3.26. The molecule has 0 aromatic rings. The molecule has 1 aliphatic carbocycles. The van der Waals surface area contributed by atoms with E-state index in [1.165, 1.54) is 0 Å². The third kappa shape index (κ3) is 2.32. The first-order valence-electron chi connectivity index (χ1n) is 5.41. The zero-order valence-electron chi connectivity index (χ0n) is 8.72. The van der Waals surface area contributed by atoms with E-state index in [2.05, 4.69) is 0 Å². The lowest BCUT2D eigenvalue weighted by atomic mass is 10.2. The second-order valence-corrected chi connectivity index (χ2v) is 5.84. The molecular weight excluding hydrogens is 210 g/mol. The Balaban J connectivity index is 2.18. The van der Waals surface area contributed by atoms with Gasteiger partial charge in [0.05, 0.1) is 4.91 Å². The van der Waals surface area contributed by atoms with E-state index in [0.717, 1.165) is 25.7 Å². The minimum Gasteiger partial charge on any atom is -0.207 e. The number of hydrogen-bond acceptors (Lipinski definition) is 2. The predicted molar refractivity (Wildman–Crippen MR) is 60.5 cm³/mol. The highest BCUT2D eigenvalue weighted by Crippen LogP contribution is 2.22. The molecule has 0 aromatic carbocycles. The largest absolute Gasteiger partial charge is 0.242 e. The summed E-state index contributed by atoms with van der Waals surface area (Å²) in [5, 5.41) is 0. The molecule has 1 heterocycles. The van der Waals surface area contributed by atoms with Gasteiger partial charge in [0.15, 0.2) is 0 Å². The monoisotopic (exact) mass is 226 g/mol. The minimum atomic E-state index is -3.20. The van der Waals surface area contributed by atoms with Crippen LogP contribution in [0, 0.1) is 6.42 Å². The average Bonchev–Trinajstić information content (AvgIpc) is 2.31. The van der Waals surface area contributed by atoms with Crippen molar-refractivity contribution in [3.05, 3.63) is 29.6 Å². The Hall–Kier alpha value is -0.610. The van der Waals surface area contributed by atoms with Gasteiger partial charge in [0.1, 0.15) is 0 Å². The van der Waals surface area contributed by atoms with Gasteiger partial charge in [-0.2, -0.15) is 4.31 Å². The van der Waals surface area contributed by atoms with Gasteiger partial charge in [-0.05, 0) is 31.8 Å². The van der Waals surface area contributed by atoms with Gasteiger partial charge in [-0.1, -0.05) is 18.6 Å². The molecule has 0 unspecified atom stereocenters. The highest BCUT2D eigenvalue weighted by Gasteiger charge is 2.26. The molecule has 15 heavy (non-hydrogen) atoms. The zero-order chi connectivity index (χ0) is 10.7. The van der Waals surface area contributed by atoms with Crippen molar-refractivity contribution < 1.29 is 8.42 Å². The van der Waals surface area contributed by atoms with Crippen LogP contribution in [0.1, 0.15) is 25.7 Å². The molecular formula is C11H16NO2S. The first-order chi connectivity index (χ1) is 7.21. The highest BCUT2D eigenvalue weighted by atomic mass is 32.2. The summed E-state index contributed by atoms with van der Waals surface area (Å²) in [5.41, 5.74) is 0. The van der Waals surface area contributed by atoms with E-state index in [1.54, 1.807) is 16.5 Å². The van der Waals surface area contributed by atoms with Gasteiger partial charge in [0.2, 0.25) is 10.0 Å². The number of nitrogens with zero attached hydrogens (tertiary/aromatic N) is 1. The van der Waals surface area contributed by atoms with E-state index >= 15 is 0 Å². The molecule has 0 bridgehead atoms. The third-order valence-corrected chi connectivity index (χ3v) is 4.75. The quantitative estimate of drug-likeness (QED) is 0.720. The number of rotatable bonds is 2. The van der Waals surface area contributed by atoms with Gasteiger partial charge in [-0.3, -0.25) is 0 Å². The smallest absolute Gasteiger partial charge is 0.207 e. The van der Waals surface area contributed by atoms with Crippen molar-refractivity contribution in [3.63, 3.8) is 0 Å². The SMILES string of the molecule is O=S(=O)(C1=CC[CH]C=C1)N1CCCCC1. The molecule has 0 atom stereocenters. The molecule has 1 aliphatic heterocycles. The van der Waals surface area contributed by atoms with Crippen LogP contribution in [-0.4, -0.2) is 25.8 Å². The Bertz CT molecular complexity index is 375. The van der Waals surface area contributed by atoms with Crippen LogP contribution < -0.4 is 0 Å². The van der Waals surface area contributed by atoms with Gasteiger partial charge < -0.3 is 0 Å². The molecule has 4 heteroatoms. The van der Waals surface area contributed by atoms with Crippen LogP contribution in [0.15, 0.2) is 23.1 Å². The second kappa shape index (κ2) is 4.49. The van der Waals surface area contributed by atoms with Crippen LogP contribution in [0.3, 0.4) is 0 Å². The Morgan fingerprint density at radius 1 is 1.13 bits per heavy atom. The Morgan fingerprint density at radius 2 is 1.87 bits per heavy atom. The van der Waals surface area contributed by atoms with E-state index in [0.29, 0.717) is 18.0 Å². The van der Waals surface area contributed by atoms with Crippen LogP contribution in [-0.2, 0) is 10.0 Å². The molecule has 1 fully saturated rings. The van der Waals surface area contributed by atoms with Crippen molar-refractivity contribution >= 4 is 10.0 Å². The highest BCUT2D eigenvalue weighted by molar-refractivity contribution is 7.93. The fourth-order valence-corrected chi connectivity index (χ4v) is 3.53. The number of sulfonamides is 1. The van der Waals surface area contributed by atoms with Crippen molar-refractivity contribution in [3.8, 4) is 0 Å². The number of allylic oxidation sites excluding steroid dienone is 3. The summed E-state index contributed by atoms with van der Waals surface area (Å²) in [6.07, 6.45) is 11.1. The summed E-state index contributed by atoms with van der Waals surface area (Å²) < 4.78 is 25.9. The molecule has 0 amide bonds. The molecule has 2 aliphatic rings. The minimum absolute atomic E-state index is 0.465. The van der Waals surface area contributed by atoms with Crippen LogP contribution >= 0.6 is 0 Å². The first kappa shape index (κ1) is 10.9. The number of piperidine rings is 1. The van der Waals surface area contributed by atoms with Crippen LogP contribution in [0.5, 0.6) is 0 Å². The van der Waals surface area contributed by atoms with Gasteiger partial charge in [0, 0.05) is 13.1 Å². The summed E-state index contributed by atoms with van der Waals surface area (Å²) in [5.74, 6) is 0.